The topological polar surface area (TPSA) is 357 Å². The van der Waals surface area contributed by atoms with Crippen molar-refractivity contribution in [1.82, 2.24) is 16.4 Å². The van der Waals surface area contributed by atoms with Crippen molar-refractivity contribution in [3.8, 4) is 17.2 Å². The minimum absolute atomic E-state index is 0.0214. The molecule has 0 saturated carbocycles. The van der Waals surface area contributed by atoms with Gasteiger partial charge in [-0.05, 0) is 171 Å². The van der Waals surface area contributed by atoms with E-state index < -0.39 is 61.5 Å². The fraction of sp³-hybridized carbons (Fsp3) is 0.419. The summed E-state index contributed by atoms with van der Waals surface area (Å²) in [6, 6.07) is 28.4. The molecule has 24 nitrogen and oxygen atoms in total. The van der Waals surface area contributed by atoms with Crippen LogP contribution in [0, 0.1) is 5.92 Å². The normalized spacial score (nSPS) is 16.3. The molecule has 3 saturated heterocycles. The Balaban J connectivity index is 0.000000196. The second-order valence-corrected chi connectivity index (χ2v) is 31.1. The zero-order chi connectivity index (χ0) is 66.4. The fourth-order valence-corrected chi connectivity index (χ4v) is 18.3. The summed E-state index contributed by atoms with van der Waals surface area (Å²) < 4.78 is 106. The summed E-state index contributed by atoms with van der Waals surface area (Å²) in [6.45, 7) is 3.53. The molecule has 3 aromatic carbocycles. The van der Waals surface area contributed by atoms with Gasteiger partial charge in [-0.1, -0.05) is 25.1 Å². The maximum absolute atomic E-state index is 13.2. The Hall–Kier alpha value is -6.81. The minimum Gasteiger partial charge on any atom is -0.494 e. The van der Waals surface area contributed by atoms with Gasteiger partial charge in [-0.15, -0.1) is 34.0 Å². The number of hydrogen-bond donors (Lipinski definition) is 6. The molecule has 3 amide bonds. The van der Waals surface area contributed by atoms with Crippen LogP contribution < -0.4 is 30.7 Å². The van der Waals surface area contributed by atoms with E-state index in [9.17, 15) is 54.0 Å². The molecule has 6 aromatic rings. The van der Waals surface area contributed by atoms with E-state index in [1.165, 1.54) is 123 Å². The first-order valence-electron chi connectivity index (χ1n) is 29.3. The van der Waals surface area contributed by atoms with Gasteiger partial charge in [0.2, 0.25) is 0 Å². The molecule has 0 radical (unpaired) electrons. The van der Waals surface area contributed by atoms with Crippen molar-refractivity contribution in [3.63, 3.8) is 0 Å². The minimum atomic E-state index is -4.07. The number of ketones is 3. The SMILES string of the molecule is CC(CCOc1ccc(S(=O)(=O)C2(C(=O)NO)CCOCC2)cc1)C(=O)c1cccs1.O=C(CCCCOc1ccc(S(=O)(=O)C2(C(=O)NO)CCOCC2)cc1)c1cccs1.O=C(CCCOc1ccc(S(=O)(=O)C2(C(=O)NO)CCOCC2)cc1)c1cccs1. The summed E-state index contributed by atoms with van der Waals surface area (Å²) in [5.41, 5.74) is 4.48. The lowest BCUT2D eigenvalue weighted by molar-refractivity contribution is -0.135. The van der Waals surface area contributed by atoms with Gasteiger partial charge in [-0.25, -0.2) is 41.7 Å². The summed E-state index contributed by atoms with van der Waals surface area (Å²) in [5, 5.41) is 32.9. The first kappa shape index (κ1) is 72.6. The summed E-state index contributed by atoms with van der Waals surface area (Å²) >= 11 is 4.25. The average Bonchev–Trinajstić information content (AvgIpc) is 0.812. The highest BCUT2D eigenvalue weighted by Gasteiger charge is 2.54. The molecule has 92 heavy (non-hydrogen) atoms. The van der Waals surface area contributed by atoms with Crippen LogP contribution in [0.25, 0.3) is 0 Å². The Morgan fingerprint density at radius 2 is 0.750 bits per heavy atom. The van der Waals surface area contributed by atoms with Crippen LogP contribution in [0.15, 0.2) is 140 Å². The monoisotopic (exact) mass is 1390 g/mol. The highest BCUT2D eigenvalue weighted by Crippen LogP contribution is 2.39. The molecule has 6 heterocycles. The molecule has 0 aliphatic carbocycles. The molecule has 1 atom stereocenters. The first-order chi connectivity index (χ1) is 44.1. The van der Waals surface area contributed by atoms with Crippen LogP contribution in [0.1, 0.15) is 113 Å². The van der Waals surface area contributed by atoms with E-state index in [1.807, 2.05) is 47.3 Å². The molecule has 0 bridgehead atoms. The molecule has 3 aliphatic rings. The molecule has 6 N–H and O–H groups in total. The Labute approximate surface area is 545 Å². The van der Waals surface area contributed by atoms with Gasteiger partial charge in [0, 0.05) is 58.4 Å². The van der Waals surface area contributed by atoms with Crippen molar-refractivity contribution in [3.05, 3.63) is 140 Å². The van der Waals surface area contributed by atoms with Crippen LogP contribution in [0.4, 0.5) is 0 Å². The number of amides is 3. The molecule has 1 unspecified atom stereocenters. The molecular formula is C62H73N3O21S6. The van der Waals surface area contributed by atoms with Gasteiger partial charge in [0.05, 0.1) is 49.1 Å². The smallest absolute Gasteiger partial charge is 0.265 e. The van der Waals surface area contributed by atoms with Crippen LogP contribution in [0.2, 0.25) is 0 Å². The third-order valence-electron chi connectivity index (χ3n) is 15.9. The molecule has 3 aliphatic heterocycles. The van der Waals surface area contributed by atoms with E-state index in [0.717, 1.165) is 14.6 Å². The quantitative estimate of drug-likeness (QED) is 0.0116. The summed E-state index contributed by atoms with van der Waals surface area (Å²) in [6.07, 6.45) is 3.03. The van der Waals surface area contributed by atoms with Crippen LogP contribution in [0.3, 0.4) is 0 Å². The van der Waals surface area contributed by atoms with Crippen molar-refractivity contribution in [2.45, 2.75) is 113 Å². The Bertz CT molecular complexity index is 3720. The van der Waals surface area contributed by atoms with Gasteiger partial charge in [0.25, 0.3) is 17.7 Å². The highest BCUT2D eigenvalue weighted by atomic mass is 32.2. The van der Waals surface area contributed by atoms with Crippen molar-refractivity contribution in [2.75, 3.05) is 59.5 Å². The van der Waals surface area contributed by atoms with E-state index in [2.05, 4.69) is 0 Å². The van der Waals surface area contributed by atoms with Crippen LogP contribution >= 0.6 is 34.0 Å². The number of carbonyl (C=O) groups excluding carboxylic acids is 6. The number of rotatable bonds is 28. The second kappa shape index (κ2) is 33.9. The first-order valence-corrected chi connectivity index (χ1v) is 36.4. The molecule has 30 heteroatoms. The van der Waals surface area contributed by atoms with Crippen LogP contribution in [-0.4, -0.2) is 150 Å². The number of ether oxygens (including phenoxy) is 6. The maximum Gasteiger partial charge on any atom is 0.265 e. The van der Waals surface area contributed by atoms with Gasteiger partial charge >= 0.3 is 0 Å². The number of thiophene rings is 3. The van der Waals surface area contributed by atoms with E-state index in [1.54, 1.807) is 12.1 Å². The number of hydrogen-bond acceptors (Lipinski definition) is 24. The zero-order valence-electron chi connectivity index (χ0n) is 50.2. The van der Waals surface area contributed by atoms with Gasteiger partial charge in [0.15, 0.2) is 61.1 Å². The Kier molecular flexibility index (Phi) is 26.7. The molecule has 0 spiro atoms. The van der Waals surface area contributed by atoms with E-state index in [0.29, 0.717) is 75.6 Å². The third-order valence-corrected chi connectivity index (χ3v) is 26.2. The molecular weight excluding hydrogens is 1320 g/mol. The van der Waals surface area contributed by atoms with Gasteiger partial charge in [-0.2, -0.15) is 0 Å². The number of benzene rings is 3. The summed E-state index contributed by atoms with van der Waals surface area (Å²) in [4.78, 5) is 75.1. The number of hydroxylamine groups is 3. The van der Waals surface area contributed by atoms with Gasteiger partial charge in [-0.3, -0.25) is 44.4 Å². The lowest BCUT2D eigenvalue weighted by Crippen LogP contribution is -2.54. The molecule has 3 aromatic heterocycles. The van der Waals surface area contributed by atoms with Crippen molar-refractivity contribution in [1.29, 1.82) is 0 Å². The number of Topliss-reactive ketones (excluding diaryl/α,β-unsaturated/α-hetero) is 3. The van der Waals surface area contributed by atoms with Crippen LogP contribution in [-0.2, 0) is 58.1 Å². The largest absolute Gasteiger partial charge is 0.494 e. The number of carbonyl (C=O) groups is 6. The van der Waals surface area contributed by atoms with Crippen molar-refractivity contribution >= 4 is 98.6 Å². The predicted molar refractivity (Wildman–Crippen MR) is 338 cm³/mol. The van der Waals surface area contributed by atoms with Crippen LogP contribution in [0.5, 0.6) is 17.2 Å². The number of unbranched alkanes of at least 4 members (excludes halogenated alkanes) is 1. The third kappa shape index (κ3) is 17.3. The average molecular weight is 1390 g/mol. The second-order valence-electron chi connectivity index (χ2n) is 21.5. The van der Waals surface area contributed by atoms with E-state index in [-0.39, 0.29) is 116 Å². The fourth-order valence-electron chi connectivity index (χ4n) is 10.4. The van der Waals surface area contributed by atoms with Gasteiger partial charge < -0.3 is 28.4 Å². The van der Waals surface area contributed by atoms with E-state index >= 15 is 0 Å². The van der Waals surface area contributed by atoms with Crippen molar-refractivity contribution < 1.29 is 98.1 Å². The molecule has 3 fully saturated rings. The lowest BCUT2D eigenvalue weighted by Gasteiger charge is -2.34. The van der Waals surface area contributed by atoms with Crippen molar-refractivity contribution in [2.24, 2.45) is 5.92 Å². The summed E-state index contributed by atoms with van der Waals surface area (Å²) in [7, 11) is -12.2. The lowest BCUT2D eigenvalue weighted by atomic mass is 9.98. The zero-order valence-corrected chi connectivity index (χ0v) is 55.1. The summed E-state index contributed by atoms with van der Waals surface area (Å²) in [5.74, 6) is -1.37. The maximum atomic E-state index is 13.2. The standard InChI is InChI=1S/2C21H25NO7S2.C20H23NO7S2/c1-15(19(23)18-3-2-14-30-18)8-11-29-16-4-6-17(7-5-16)31(26,27)21(20(24)22-25)9-12-28-13-10-21;23-18(19-5-3-15-30-19)4-1-2-12-29-16-6-8-17(9-7-16)31(26,27)21(20(24)22-25)10-13-28-14-11-21;22-17(18-4-2-14-29-18)3-1-11-28-15-5-7-16(8-6-15)30(25,26)20(19(23)21-24)9-12-27-13-10-20/h2-7,14-15,25H,8-13H2,1H3,(H,22,24);3,5-9,15,25H,1-2,4,10-14H2,(H,22,24);2,4-8,14,24H,1,3,9-13H2,(H,21,23). The highest BCUT2D eigenvalue weighted by molar-refractivity contribution is 7.94. The number of sulfone groups is 3. The van der Waals surface area contributed by atoms with E-state index in [4.69, 9.17) is 44.0 Å². The predicted octanol–water partition coefficient (Wildman–Crippen LogP) is 8.49. The number of nitrogens with one attached hydrogen (secondary N) is 3. The Morgan fingerprint density at radius 3 is 1.07 bits per heavy atom. The molecule has 498 valence electrons. The Morgan fingerprint density at radius 1 is 0.446 bits per heavy atom. The molecule has 9 rings (SSSR count). The van der Waals surface area contributed by atoms with Gasteiger partial charge in [0.1, 0.15) is 17.2 Å².